The lowest BCUT2D eigenvalue weighted by Crippen LogP contribution is -2.43. The molecule has 4 rings (SSSR count). The maximum atomic E-state index is 13.8. The van der Waals surface area contributed by atoms with E-state index in [1.165, 1.54) is 22.5 Å². The fraction of sp³-hybridized carbons (Fsp3) is 0.190. The van der Waals surface area contributed by atoms with E-state index in [0.717, 1.165) is 10.8 Å². The van der Waals surface area contributed by atoms with Crippen LogP contribution in [0.5, 0.6) is 0 Å². The molecule has 1 unspecified atom stereocenters. The summed E-state index contributed by atoms with van der Waals surface area (Å²) in [5.74, 6) is -1.08. The molecular weight excluding hydrogens is 379 g/mol. The number of carbonyl (C=O) groups is 1. The maximum absolute atomic E-state index is 13.8. The molecule has 1 aliphatic rings. The average molecular weight is 398 g/mol. The van der Waals surface area contributed by atoms with Crippen LogP contribution in [0, 0.1) is 5.82 Å². The Morgan fingerprint density at radius 2 is 1.71 bits per heavy atom. The molecule has 144 valence electrons. The number of amides is 1. The number of hydrogen-bond acceptors (Lipinski definition) is 3. The maximum Gasteiger partial charge on any atom is 0.243 e. The van der Waals surface area contributed by atoms with Crippen LogP contribution in [0.2, 0.25) is 0 Å². The summed E-state index contributed by atoms with van der Waals surface area (Å²) in [6.45, 7) is 0.254. The van der Waals surface area contributed by atoms with Crippen LogP contribution in [0.4, 0.5) is 10.1 Å². The van der Waals surface area contributed by atoms with Crippen LogP contribution in [0.3, 0.4) is 0 Å². The third kappa shape index (κ3) is 3.39. The van der Waals surface area contributed by atoms with Crippen molar-refractivity contribution < 1.29 is 17.6 Å². The van der Waals surface area contributed by atoms with Crippen LogP contribution in [-0.2, 0) is 14.8 Å². The van der Waals surface area contributed by atoms with Crippen LogP contribution in [-0.4, -0.2) is 31.2 Å². The molecule has 28 heavy (non-hydrogen) atoms. The van der Waals surface area contributed by atoms with E-state index < -0.39 is 27.8 Å². The molecule has 1 saturated heterocycles. The van der Waals surface area contributed by atoms with Crippen LogP contribution >= 0.6 is 0 Å². The third-order valence-corrected chi connectivity index (χ3v) is 6.87. The Hall–Kier alpha value is -2.77. The van der Waals surface area contributed by atoms with Gasteiger partial charge < -0.3 is 5.32 Å². The zero-order chi connectivity index (χ0) is 19.7. The smallest absolute Gasteiger partial charge is 0.243 e. The molecule has 1 atom stereocenters. The van der Waals surface area contributed by atoms with Crippen molar-refractivity contribution in [2.24, 2.45) is 0 Å². The van der Waals surface area contributed by atoms with E-state index in [4.69, 9.17) is 0 Å². The van der Waals surface area contributed by atoms with Gasteiger partial charge >= 0.3 is 0 Å². The molecule has 1 fully saturated rings. The molecule has 0 saturated carbocycles. The van der Waals surface area contributed by atoms with E-state index in [2.05, 4.69) is 5.32 Å². The number of nitrogens with zero attached hydrogens (tertiary/aromatic N) is 1. The average Bonchev–Trinajstić information content (AvgIpc) is 3.20. The van der Waals surface area contributed by atoms with Gasteiger partial charge in [0, 0.05) is 6.54 Å². The first-order chi connectivity index (χ1) is 13.5. The number of sulfonamides is 1. The van der Waals surface area contributed by atoms with Crippen molar-refractivity contribution in [3.63, 3.8) is 0 Å². The summed E-state index contributed by atoms with van der Waals surface area (Å²) in [6.07, 6.45) is 0.968. The predicted octanol–water partition coefficient (Wildman–Crippen LogP) is 3.77. The van der Waals surface area contributed by atoms with Gasteiger partial charge in [-0.25, -0.2) is 12.8 Å². The van der Waals surface area contributed by atoms with E-state index in [-0.39, 0.29) is 17.1 Å². The number of anilines is 1. The van der Waals surface area contributed by atoms with E-state index in [1.54, 1.807) is 24.3 Å². The highest BCUT2D eigenvalue weighted by Gasteiger charge is 2.39. The largest absolute Gasteiger partial charge is 0.322 e. The van der Waals surface area contributed by atoms with Gasteiger partial charge in [-0.2, -0.15) is 4.31 Å². The van der Waals surface area contributed by atoms with Crippen LogP contribution in [0.1, 0.15) is 12.8 Å². The highest BCUT2D eigenvalue weighted by Crippen LogP contribution is 2.29. The fourth-order valence-corrected chi connectivity index (χ4v) is 5.22. The van der Waals surface area contributed by atoms with Crippen LogP contribution < -0.4 is 5.32 Å². The van der Waals surface area contributed by atoms with Crippen molar-refractivity contribution in [2.45, 2.75) is 23.8 Å². The first-order valence-corrected chi connectivity index (χ1v) is 10.5. The minimum absolute atomic E-state index is 0.0439. The summed E-state index contributed by atoms with van der Waals surface area (Å²) in [4.78, 5) is 12.8. The SMILES string of the molecule is O=C(Nc1ccccc1F)C1CCCN1S(=O)(=O)c1ccc2ccccc2c1. The monoisotopic (exact) mass is 398 g/mol. The molecule has 1 N–H and O–H groups in total. The fourth-order valence-electron chi connectivity index (χ4n) is 3.53. The number of halogens is 1. The van der Waals surface area contributed by atoms with Crippen molar-refractivity contribution in [2.75, 3.05) is 11.9 Å². The molecule has 3 aromatic carbocycles. The van der Waals surface area contributed by atoms with Gasteiger partial charge in [0.25, 0.3) is 0 Å². The Labute approximate surface area is 162 Å². The van der Waals surface area contributed by atoms with Gasteiger partial charge in [0.05, 0.1) is 10.6 Å². The molecule has 0 bridgehead atoms. The zero-order valence-electron chi connectivity index (χ0n) is 15.0. The van der Waals surface area contributed by atoms with Crippen molar-refractivity contribution in [1.82, 2.24) is 4.31 Å². The van der Waals surface area contributed by atoms with E-state index >= 15 is 0 Å². The van der Waals surface area contributed by atoms with Gasteiger partial charge in [0.15, 0.2) is 0 Å². The normalized spacial score (nSPS) is 17.7. The lowest BCUT2D eigenvalue weighted by atomic mass is 10.1. The van der Waals surface area contributed by atoms with Crippen molar-refractivity contribution >= 4 is 32.4 Å². The summed E-state index contributed by atoms with van der Waals surface area (Å²) in [6, 6.07) is 17.4. The highest BCUT2D eigenvalue weighted by atomic mass is 32.2. The number of hydrogen-bond donors (Lipinski definition) is 1. The first kappa shape index (κ1) is 18.6. The quantitative estimate of drug-likeness (QED) is 0.728. The van der Waals surface area contributed by atoms with Gasteiger partial charge in [0.1, 0.15) is 11.9 Å². The second-order valence-electron chi connectivity index (χ2n) is 6.75. The lowest BCUT2D eigenvalue weighted by molar-refractivity contribution is -0.119. The Morgan fingerprint density at radius 1 is 1.00 bits per heavy atom. The Morgan fingerprint density at radius 3 is 2.50 bits per heavy atom. The number of carbonyl (C=O) groups excluding carboxylic acids is 1. The van der Waals surface area contributed by atoms with E-state index in [0.29, 0.717) is 12.8 Å². The zero-order valence-corrected chi connectivity index (χ0v) is 15.8. The van der Waals surface area contributed by atoms with Crippen LogP contribution in [0.15, 0.2) is 71.6 Å². The minimum atomic E-state index is -3.85. The number of para-hydroxylation sites is 1. The molecule has 7 heteroatoms. The molecule has 0 spiro atoms. The summed E-state index contributed by atoms with van der Waals surface area (Å²) >= 11 is 0. The number of fused-ring (bicyclic) bond motifs is 1. The van der Waals surface area contributed by atoms with Gasteiger partial charge in [0.2, 0.25) is 15.9 Å². The molecule has 1 heterocycles. The topological polar surface area (TPSA) is 66.5 Å². The molecule has 1 amide bonds. The molecule has 0 aromatic heterocycles. The van der Waals surface area contributed by atoms with E-state index in [9.17, 15) is 17.6 Å². The molecule has 0 aliphatic carbocycles. The highest BCUT2D eigenvalue weighted by molar-refractivity contribution is 7.89. The van der Waals surface area contributed by atoms with Gasteiger partial charge in [-0.3, -0.25) is 4.79 Å². The number of benzene rings is 3. The molecular formula is C21H19FN2O3S. The van der Waals surface area contributed by atoms with Gasteiger partial charge in [-0.1, -0.05) is 42.5 Å². The molecule has 3 aromatic rings. The first-order valence-electron chi connectivity index (χ1n) is 9.03. The lowest BCUT2D eigenvalue weighted by Gasteiger charge is -2.23. The Bertz CT molecular complexity index is 1150. The van der Waals surface area contributed by atoms with Crippen molar-refractivity contribution in [1.29, 1.82) is 0 Å². The van der Waals surface area contributed by atoms with Crippen molar-refractivity contribution in [3.05, 3.63) is 72.5 Å². The standard InChI is InChI=1S/C21H19FN2O3S/c22-18-8-3-4-9-19(18)23-21(25)20-10-5-13-24(20)28(26,27)17-12-11-15-6-1-2-7-16(15)14-17/h1-4,6-9,11-12,14,20H,5,10,13H2,(H,23,25). The summed E-state index contributed by atoms with van der Waals surface area (Å²) in [5.41, 5.74) is 0.0439. The Balaban J connectivity index is 1.62. The summed E-state index contributed by atoms with van der Waals surface area (Å²) in [7, 11) is -3.85. The van der Waals surface area contributed by atoms with E-state index in [1.807, 2.05) is 24.3 Å². The van der Waals surface area contributed by atoms with Gasteiger partial charge in [-0.05, 0) is 47.9 Å². The van der Waals surface area contributed by atoms with Gasteiger partial charge in [-0.15, -0.1) is 0 Å². The molecule has 1 aliphatic heterocycles. The van der Waals surface area contributed by atoms with Crippen molar-refractivity contribution in [3.8, 4) is 0 Å². The molecule has 5 nitrogen and oxygen atoms in total. The Kier molecular flexibility index (Phi) is 4.87. The number of rotatable bonds is 4. The second-order valence-corrected chi connectivity index (χ2v) is 8.64. The second kappa shape index (κ2) is 7.33. The summed E-state index contributed by atoms with van der Waals surface area (Å²) < 4.78 is 41.4. The predicted molar refractivity (Wildman–Crippen MR) is 106 cm³/mol. The summed E-state index contributed by atoms with van der Waals surface area (Å²) in [5, 5.41) is 4.27. The minimum Gasteiger partial charge on any atom is -0.322 e. The number of nitrogens with one attached hydrogen (secondary N) is 1. The third-order valence-electron chi connectivity index (χ3n) is 4.97. The molecule has 0 radical (unpaired) electrons. The van der Waals surface area contributed by atoms with Crippen LogP contribution in [0.25, 0.3) is 10.8 Å².